The molecule has 0 saturated carbocycles. The monoisotopic (exact) mass is 249 g/mol. The van der Waals surface area contributed by atoms with E-state index >= 15 is 0 Å². The van der Waals surface area contributed by atoms with Gasteiger partial charge in [-0.05, 0) is 6.07 Å². The minimum atomic E-state index is -3.61. The largest absolute Gasteiger partial charge is 0.586 e. The van der Waals surface area contributed by atoms with Crippen molar-refractivity contribution in [2.75, 3.05) is 0 Å². The molecule has 0 saturated heterocycles. The summed E-state index contributed by atoms with van der Waals surface area (Å²) in [5.41, 5.74) is 6.09. The number of fused-ring (bicyclic) bond motifs is 1. The second kappa shape index (κ2) is 4.27. The van der Waals surface area contributed by atoms with Gasteiger partial charge in [0.05, 0.1) is 6.04 Å². The number of rotatable bonds is 2. The number of hydrogen-bond donors (Lipinski definition) is 1. The maximum atomic E-state index is 12.8. The molecule has 0 radical (unpaired) electrons. The molecule has 0 amide bonds. The summed E-state index contributed by atoms with van der Waals surface area (Å²) < 4.78 is 34.2. The summed E-state index contributed by atoms with van der Waals surface area (Å²) in [6.45, 7) is 3.49. The Morgan fingerprint density at radius 3 is 2.69 bits per heavy atom. The smallest absolute Gasteiger partial charge is 0.395 e. The maximum absolute atomic E-state index is 12.8. The van der Waals surface area contributed by atoms with Crippen LogP contribution in [0.15, 0.2) is 30.9 Å². The Balaban J connectivity index is 0.00000128. The van der Waals surface area contributed by atoms with Crippen LogP contribution < -0.4 is 15.2 Å². The van der Waals surface area contributed by atoms with Gasteiger partial charge in [0.1, 0.15) is 0 Å². The lowest BCUT2D eigenvalue weighted by atomic mass is 10.1. The highest BCUT2D eigenvalue weighted by Gasteiger charge is 2.44. The normalized spacial score (nSPS) is 17.4. The molecule has 6 heteroatoms. The first-order valence-corrected chi connectivity index (χ1v) is 4.30. The van der Waals surface area contributed by atoms with Gasteiger partial charge in [-0.15, -0.1) is 27.8 Å². The van der Waals surface area contributed by atoms with Crippen LogP contribution in [-0.2, 0) is 0 Å². The van der Waals surface area contributed by atoms with Gasteiger partial charge in [-0.25, -0.2) is 0 Å². The fraction of sp³-hybridized carbons (Fsp3) is 0.200. The van der Waals surface area contributed by atoms with Gasteiger partial charge in [-0.2, -0.15) is 0 Å². The second-order valence-electron chi connectivity index (χ2n) is 3.10. The molecule has 1 atom stereocenters. The Morgan fingerprint density at radius 2 is 2.06 bits per heavy atom. The highest BCUT2D eigenvalue weighted by molar-refractivity contribution is 5.85. The topological polar surface area (TPSA) is 44.5 Å². The van der Waals surface area contributed by atoms with Crippen LogP contribution in [0.2, 0.25) is 0 Å². The average molecular weight is 250 g/mol. The SMILES string of the molecule is C=C[C@H](N)c1cccc2c1OC(F)(F)O2.Cl. The summed E-state index contributed by atoms with van der Waals surface area (Å²) >= 11 is 0. The van der Waals surface area contributed by atoms with Gasteiger partial charge in [-0.3, -0.25) is 0 Å². The highest BCUT2D eigenvalue weighted by atomic mass is 35.5. The van der Waals surface area contributed by atoms with Crippen molar-refractivity contribution in [2.24, 2.45) is 5.73 Å². The summed E-state index contributed by atoms with van der Waals surface area (Å²) in [7, 11) is 0. The molecular formula is C10H10ClF2NO2. The minimum Gasteiger partial charge on any atom is -0.395 e. The van der Waals surface area contributed by atoms with E-state index in [-0.39, 0.29) is 23.9 Å². The van der Waals surface area contributed by atoms with E-state index in [2.05, 4.69) is 16.1 Å². The van der Waals surface area contributed by atoms with Crippen LogP contribution in [0.25, 0.3) is 0 Å². The molecule has 0 unspecified atom stereocenters. The molecule has 0 spiro atoms. The van der Waals surface area contributed by atoms with Crippen molar-refractivity contribution in [1.82, 2.24) is 0 Å². The molecule has 1 aliphatic heterocycles. The lowest BCUT2D eigenvalue weighted by Crippen LogP contribution is -2.26. The number of benzene rings is 1. The zero-order chi connectivity index (χ0) is 11.1. The van der Waals surface area contributed by atoms with Crippen molar-refractivity contribution in [2.45, 2.75) is 12.3 Å². The van der Waals surface area contributed by atoms with Crippen molar-refractivity contribution in [3.8, 4) is 11.5 Å². The average Bonchev–Trinajstić information content (AvgIpc) is 2.49. The molecule has 1 aromatic rings. The van der Waals surface area contributed by atoms with Crippen molar-refractivity contribution in [3.05, 3.63) is 36.4 Å². The summed E-state index contributed by atoms with van der Waals surface area (Å²) in [5, 5.41) is 0. The number of alkyl halides is 2. The van der Waals surface area contributed by atoms with Crippen LogP contribution in [0.3, 0.4) is 0 Å². The Morgan fingerprint density at radius 1 is 1.38 bits per heavy atom. The molecule has 1 aromatic carbocycles. The van der Waals surface area contributed by atoms with Gasteiger partial charge in [0, 0.05) is 5.56 Å². The van der Waals surface area contributed by atoms with E-state index in [4.69, 9.17) is 5.73 Å². The Kier molecular flexibility index (Phi) is 3.40. The quantitative estimate of drug-likeness (QED) is 0.820. The fourth-order valence-electron chi connectivity index (χ4n) is 1.38. The van der Waals surface area contributed by atoms with E-state index < -0.39 is 12.3 Å². The van der Waals surface area contributed by atoms with Gasteiger partial charge in [0.25, 0.3) is 0 Å². The number of nitrogens with two attached hydrogens (primary N) is 1. The molecule has 0 aromatic heterocycles. The van der Waals surface area contributed by atoms with Crippen LogP contribution in [0, 0.1) is 0 Å². The molecule has 0 bridgehead atoms. The van der Waals surface area contributed by atoms with Crippen molar-refractivity contribution >= 4 is 12.4 Å². The lowest BCUT2D eigenvalue weighted by Gasteiger charge is -2.09. The Labute approximate surface area is 97.2 Å². The predicted molar refractivity (Wildman–Crippen MR) is 57.0 cm³/mol. The van der Waals surface area contributed by atoms with Gasteiger partial charge in [-0.1, -0.05) is 18.2 Å². The fourth-order valence-corrected chi connectivity index (χ4v) is 1.38. The molecule has 2 rings (SSSR count). The third-order valence-corrected chi connectivity index (χ3v) is 2.07. The van der Waals surface area contributed by atoms with Crippen LogP contribution in [0.1, 0.15) is 11.6 Å². The Hall–Kier alpha value is -1.33. The Bertz CT molecular complexity index is 412. The molecule has 2 N–H and O–H groups in total. The van der Waals surface area contributed by atoms with Gasteiger partial charge in [0.15, 0.2) is 11.5 Å². The van der Waals surface area contributed by atoms with E-state index in [0.717, 1.165) is 0 Å². The number of ether oxygens (including phenoxy) is 2. The van der Waals surface area contributed by atoms with Crippen molar-refractivity contribution in [1.29, 1.82) is 0 Å². The zero-order valence-corrected chi connectivity index (χ0v) is 8.97. The van der Waals surface area contributed by atoms with Crippen LogP contribution in [-0.4, -0.2) is 6.29 Å². The van der Waals surface area contributed by atoms with E-state index in [1.165, 1.54) is 12.1 Å². The first-order chi connectivity index (χ1) is 7.03. The molecule has 16 heavy (non-hydrogen) atoms. The molecule has 0 aliphatic carbocycles. The van der Waals surface area contributed by atoms with E-state index in [9.17, 15) is 8.78 Å². The minimum absolute atomic E-state index is 0. The summed E-state index contributed by atoms with van der Waals surface area (Å²) in [6, 6.07) is 4.01. The van der Waals surface area contributed by atoms with Gasteiger partial charge >= 0.3 is 6.29 Å². The third-order valence-electron chi connectivity index (χ3n) is 2.07. The number of para-hydroxylation sites is 1. The first-order valence-electron chi connectivity index (χ1n) is 4.30. The first kappa shape index (κ1) is 12.7. The van der Waals surface area contributed by atoms with Crippen LogP contribution in [0.4, 0.5) is 8.78 Å². The molecular weight excluding hydrogens is 240 g/mol. The zero-order valence-electron chi connectivity index (χ0n) is 8.15. The third kappa shape index (κ3) is 2.10. The molecule has 1 aliphatic rings. The molecule has 3 nitrogen and oxygen atoms in total. The highest BCUT2D eigenvalue weighted by Crippen LogP contribution is 2.44. The van der Waals surface area contributed by atoms with Gasteiger partial charge in [0.2, 0.25) is 0 Å². The number of halogens is 3. The van der Waals surface area contributed by atoms with Crippen molar-refractivity contribution in [3.63, 3.8) is 0 Å². The van der Waals surface area contributed by atoms with Crippen molar-refractivity contribution < 1.29 is 18.3 Å². The van der Waals surface area contributed by atoms with Gasteiger partial charge < -0.3 is 15.2 Å². The lowest BCUT2D eigenvalue weighted by molar-refractivity contribution is -0.286. The van der Waals surface area contributed by atoms with Crippen LogP contribution >= 0.6 is 12.4 Å². The summed E-state index contributed by atoms with van der Waals surface area (Å²) in [5.74, 6) is -0.0234. The van der Waals surface area contributed by atoms with E-state index in [1.54, 1.807) is 12.1 Å². The second-order valence-corrected chi connectivity index (χ2v) is 3.10. The summed E-state index contributed by atoms with van der Waals surface area (Å²) in [4.78, 5) is 0. The van der Waals surface area contributed by atoms with Crippen LogP contribution in [0.5, 0.6) is 11.5 Å². The molecule has 0 fully saturated rings. The predicted octanol–water partition coefficient (Wildman–Crippen LogP) is 2.62. The van der Waals surface area contributed by atoms with E-state index in [1.807, 2.05) is 0 Å². The standard InChI is InChI=1S/C10H9F2NO2.ClH/c1-2-7(13)6-4-3-5-8-9(6)15-10(11,12)14-8;/h2-5,7H,1,13H2;1H/t7-;/m0./s1. The maximum Gasteiger partial charge on any atom is 0.586 e. The molecule has 1 heterocycles. The molecule has 88 valence electrons. The number of hydrogen-bond acceptors (Lipinski definition) is 3. The van der Waals surface area contributed by atoms with E-state index in [0.29, 0.717) is 5.56 Å². The summed E-state index contributed by atoms with van der Waals surface area (Å²) in [6.07, 6.45) is -2.17.